The quantitative estimate of drug-likeness (QED) is 0.701. The Morgan fingerprint density at radius 1 is 1.22 bits per heavy atom. The van der Waals surface area contributed by atoms with Gasteiger partial charge in [0, 0.05) is 31.9 Å². The largest absolute Gasteiger partial charge is 0.385 e. The summed E-state index contributed by atoms with van der Waals surface area (Å²) in [6.07, 6.45) is 0.978. The van der Waals surface area contributed by atoms with Crippen LogP contribution >= 0.6 is 11.6 Å². The lowest BCUT2D eigenvalue weighted by Gasteiger charge is -2.18. The lowest BCUT2D eigenvalue weighted by Crippen LogP contribution is -2.23. The van der Waals surface area contributed by atoms with Crippen molar-refractivity contribution in [2.75, 3.05) is 33.4 Å². The third kappa shape index (κ3) is 5.83. The number of likely N-dealkylation sites (N-methyl/N-ethyl adjacent to an activating group) is 1. The Bertz CT molecular complexity index is 316. The average Bonchev–Trinajstić information content (AvgIpc) is 2.39. The fourth-order valence-corrected chi connectivity index (χ4v) is 1.78. The number of methoxy groups -OCH3 is 1. The molecule has 0 aliphatic carbocycles. The van der Waals surface area contributed by atoms with Crippen molar-refractivity contribution in [2.45, 2.75) is 19.4 Å². The SMILES string of the molecule is CCNCC(OCCCOC)c1ccc(Cl)cc1. The molecule has 3 nitrogen and oxygen atoms in total. The highest BCUT2D eigenvalue weighted by Crippen LogP contribution is 2.19. The molecule has 18 heavy (non-hydrogen) atoms. The van der Waals surface area contributed by atoms with Gasteiger partial charge in [-0.05, 0) is 30.7 Å². The number of rotatable bonds is 9. The van der Waals surface area contributed by atoms with Crippen molar-refractivity contribution in [3.63, 3.8) is 0 Å². The summed E-state index contributed by atoms with van der Waals surface area (Å²) in [6, 6.07) is 7.82. The van der Waals surface area contributed by atoms with Gasteiger partial charge in [-0.1, -0.05) is 30.7 Å². The fourth-order valence-electron chi connectivity index (χ4n) is 1.65. The molecule has 0 aliphatic rings. The molecule has 0 amide bonds. The Morgan fingerprint density at radius 3 is 2.56 bits per heavy atom. The topological polar surface area (TPSA) is 30.5 Å². The predicted octanol–water partition coefficient (Wildman–Crippen LogP) is 3.04. The Labute approximate surface area is 114 Å². The molecule has 0 heterocycles. The lowest BCUT2D eigenvalue weighted by molar-refractivity contribution is 0.0391. The van der Waals surface area contributed by atoms with Gasteiger partial charge in [-0.25, -0.2) is 0 Å². The number of nitrogens with one attached hydrogen (secondary N) is 1. The van der Waals surface area contributed by atoms with Gasteiger partial charge >= 0.3 is 0 Å². The van der Waals surface area contributed by atoms with Crippen LogP contribution in [0.4, 0.5) is 0 Å². The molecule has 1 rings (SSSR count). The van der Waals surface area contributed by atoms with Gasteiger partial charge in [0.25, 0.3) is 0 Å². The normalized spacial score (nSPS) is 12.6. The zero-order chi connectivity index (χ0) is 13.2. The average molecular weight is 272 g/mol. The molecule has 0 saturated heterocycles. The van der Waals surface area contributed by atoms with E-state index in [1.54, 1.807) is 7.11 Å². The molecule has 1 atom stereocenters. The Balaban J connectivity index is 2.51. The van der Waals surface area contributed by atoms with Crippen LogP contribution in [0.1, 0.15) is 25.0 Å². The van der Waals surface area contributed by atoms with Crippen LogP contribution < -0.4 is 5.32 Å². The highest BCUT2D eigenvalue weighted by molar-refractivity contribution is 6.30. The number of hydrogen-bond donors (Lipinski definition) is 1. The molecule has 0 fully saturated rings. The maximum Gasteiger partial charge on any atom is 0.0949 e. The summed E-state index contributed by atoms with van der Waals surface area (Å²) in [7, 11) is 1.70. The Hall–Kier alpha value is -0.610. The van der Waals surface area contributed by atoms with E-state index in [1.807, 2.05) is 24.3 Å². The first-order valence-corrected chi connectivity index (χ1v) is 6.72. The summed E-state index contributed by atoms with van der Waals surface area (Å²) in [5.74, 6) is 0. The van der Waals surface area contributed by atoms with Crippen LogP contribution in [0.25, 0.3) is 0 Å². The lowest BCUT2D eigenvalue weighted by atomic mass is 10.1. The monoisotopic (exact) mass is 271 g/mol. The second kappa shape index (κ2) is 9.34. The Morgan fingerprint density at radius 2 is 1.94 bits per heavy atom. The van der Waals surface area contributed by atoms with Gasteiger partial charge in [0.2, 0.25) is 0 Å². The van der Waals surface area contributed by atoms with Crippen LogP contribution in [0.2, 0.25) is 5.02 Å². The standard InChI is InChI=1S/C14H22ClNO2/c1-3-16-11-14(18-10-4-9-17-2)12-5-7-13(15)8-6-12/h5-8,14,16H,3-4,9-11H2,1-2H3. The third-order valence-corrected chi connectivity index (χ3v) is 2.89. The van der Waals surface area contributed by atoms with Crippen LogP contribution in [-0.4, -0.2) is 33.4 Å². The highest BCUT2D eigenvalue weighted by Gasteiger charge is 2.11. The molecule has 0 aromatic heterocycles. The minimum atomic E-state index is 0.0686. The number of hydrogen-bond acceptors (Lipinski definition) is 3. The molecule has 0 radical (unpaired) electrons. The van der Waals surface area contributed by atoms with E-state index >= 15 is 0 Å². The molecule has 0 spiro atoms. The summed E-state index contributed by atoms with van der Waals surface area (Å²) in [5.41, 5.74) is 1.15. The minimum Gasteiger partial charge on any atom is -0.385 e. The zero-order valence-electron chi connectivity index (χ0n) is 11.1. The van der Waals surface area contributed by atoms with Gasteiger partial charge in [0.05, 0.1) is 6.10 Å². The molecule has 1 aromatic rings. The maximum atomic E-state index is 5.89. The van der Waals surface area contributed by atoms with E-state index < -0.39 is 0 Å². The van der Waals surface area contributed by atoms with Crippen molar-refractivity contribution < 1.29 is 9.47 Å². The summed E-state index contributed by atoms with van der Waals surface area (Å²) in [6.45, 7) is 5.27. The highest BCUT2D eigenvalue weighted by atomic mass is 35.5. The van der Waals surface area contributed by atoms with Crippen molar-refractivity contribution in [3.05, 3.63) is 34.9 Å². The van der Waals surface area contributed by atoms with Crippen LogP contribution in [0.5, 0.6) is 0 Å². The molecule has 1 N–H and O–H groups in total. The second-order valence-electron chi connectivity index (χ2n) is 4.07. The van der Waals surface area contributed by atoms with Gasteiger partial charge < -0.3 is 14.8 Å². The van der Waals surface area contributed by atoms with Crippen molar-refractivity contribution in [3.8, 4) is 0 Å². The van der Waals surface area contributed by atoms with E-state index in [2.05, 4.69) is 12.2 Å². The number of ether oxygens (including phenoxy) is 2. The van der Waals surface area contributed by atoms with Crippen molar-refractivity contribution in [1.82, 2.24) is 5.32 Å². The van der Waals surface area contributed by atoms with Crippen LogP contribution in [0.15, 0.2) is 24.3 Å². The zero-order valence-corrected chi connectivity index (χ0v) is 11.9. The van der Waals surface area contributed by atoms with E-state index in [1.165, 1.54) is 0 Å². The predicted molar refractivity (Wildman–Crippen MR) is 75.2 cm³/mol. The molecule has 102 valence electrons. The van der Waals surface area contributed by atoms with Gasteiger partial charge in [0.15, 0.2) is 0 Å². The minimum absolute atomic E-state index is 0.0686. The molecular weight excluding hydrogens is 250 g/mol. The van der Waals surface area contributed by atoms with E-state index in [9.17, 15) is 0 Å². The van der Waals surface area contributed by atoms with Gasteiger partial charge in [-0.15, -0.1) is 0 Å². The van der Waals surface area contributed by atoms with Gasteiger partial charge in [-0.2, -0.15) is 0 Å². The second-order valence-corrected chi connectivity index (χ2v) is 4.50. The van der Waals surface area contributed by atoms with E-state index in [0.717, 1.165) is 36.7 Å². The van der Waals surface area contributed by atoms with Crippen molar-refractivity contribution in [1.29, 1.82) is 0 Å². The summed E-state index contributed by atoms with van der Waals surface area (Å²) in [4.78, 5) is 0. The number of benzene rings is 1. The molecule has 4 heteroatoms. The van der Waals surface area contributed by atoms with Crippen LogP contribution in [-0.2, 0) is 9.47 Å². The summed E-state index contributed by atoms with van der Waals surface area (Å²) < 4.78 is 10.9. The van der Waals surface area contributed by atoms with E-state index in [-0.39, 0.29) is 6.10 Å². The fraction of sp³-hybridized carbons (Fsp3) is 0.571. The van der Waals surface area contributed by atoms with Crippen LogP contribution in [0, 0.1) is 0 Å². The Kier molecular flexibility index (Phi) is 8.01. The van der Waals surface area contributed by atoms with E-state index in [0.29, 0.717) is 6.61 Å². The van der Waals surface area contributed by atoms with E-state index in [4.69, 9.17) is 21.1 Å². The first-order valence-electron chi connectivity index (χ1n) is 6.34. The molecule has 0 saturated carbocycles. The van der Waals surface area contributed by atoms with Crippen molar-refractivity contribution >= 4 is 11.6 Å². The molecule has 0 aliphatic heterocycles. The first kappa shape index (κ1) is 15.4. The van der Waals surface area contributed by atoms with Crippen LogP contribution in [0.3, 0.4) is 0 Å². The maximum absolute atomic E-state index is 5.89. The van der Waals surface area contributed by atoms with Gasteiger partial charge in [0.1, 0.15) is 0 Å². The molecule has 1 unspecified atom stereocenters. The van der Waals surface area contributed by atoms with Gasteiger partial charge in [-0.3, -0.25) is 0 Å². The molecular formula is C14H22ClNO2. The first-order chi connectivity index (χ1) is 8.77. The third-order valence-electron chi connectivity index (χ3n) is 2.63. The summed E-state index contributed by atoms with van der Waals surface area (Å²) >= 11 is 5.89. The number of halogens is 1. The summed E-state index contributed by atoms with van der Waals surface area (Å²) in [5, 5.41) is 4.06. The molecule has 1 aromatic carbocycles. The van der Waals surface area contributed by atoms with Crippen molar-refractivity contribution in [2.24, 2.45) is 0 Å². The smallest absolute Gasteiger partial charge is 0.0949 e. The molecule has 0 bridgehead atoms.